The van der Waals surface area contributed by atoms with Gasteiger partial charge in [-0.2, -0.15) is 5.10 Å². The molecule has 0 atom stereocenters. The van der Waals surface area contributed by atoms with Crippen molar-refractivity contribution in [3.63, 3.8) is 0 Å². The Morgan fingerprint density at radius 2 is 2.11 bits per heavy atom. The lowest BCUT2D eigenvalue weighted by Crippen LogP contribution is -2.28. The van der Waals surface area contributed by atoms with Crippen molar-refractivity contribution in [1.82, 2.24) is 19.9 Å². The lowest BCUT2D eigenvalue weighted by atomic mass is 9.94. The summed E-state index contributed by atoms with van der Waals surface area (Å²) in [7, 11) is 0. The number of aryl methyl sites for hydroxylation is 2. The normalized spacial score (nSPS) is 20.0. The third kappa shape index (κ3) is 1.72. The second-order valence-electron chi connectivity index (χ2n) is 5.62. The van der Waals surface area contributed by atoms with Gasteiger partial charge in [0.2, 0.25) is 0 Å². The molecule has 0 saturated carbocycles. The Hall–Kier alpha value is -1.62. The molecule has 1 saturated heterocycles. The molecule has 2 aromatic heterocycles. The molecule has 2 aliphatic rings. The van der Waals surface area contributed by atoms with Gasteiger partial charge in [-0.25, -0.2) is 4.52 Å². The van der Waals surface area contributed by atoms with E-state index in [2.05, 4.69) is 10.3 Å². The van der Waals surface area contributed by atoms with Gasteiger partial charge in [-0.05, 0) is 45.2 Å². The van der Waals surface area contributed by atoms with E-state index >= 15 is 0 Å². The Morgan fingerprint density at radius 1 is 1.26 bits per heavy atom. The maximum Gasteiger partial charge on any atom is 0.251 e. The first-order chi connectivity index (χ1) is 9.33. The van der Waals surface area contributed by atoms with E-state index in [1.165, 1.54) is 11.3 Å². The summed E-state index contributed by atoms with van der Waals surface area (Å²) in [6.45, 7) is 2.06. The van der Waals surface area contributed by atoms with Crippen molar-refractivity contribution in [2.24, 2.45) is 0 Å². The lowest BCUT2D eigenvalue weighted by molar-refractivity contribution is 0.446. The molecule has 5 heteroatoms. The fourth-order valence-corrected chi connectivity index (χ4v) is 3.46. The number of hydrogen-bond acceptors (Lipinski definition) is 3. The maximum atomic E-state index is 11.9. The summed E-state index contributed by atoms with van der Waals surface area (Å²) >= 11 is 0. The van der Waals surface area contributed by atoms with Crippen LogP contribution in [0.3, 0.4) is 0 Å². The summed E-state index contributed by atoms with van der Waals surface area (Å²) in [5.74, 6) is 0.450. The van der Waals surface area contributed by atoms with Crippen LogP contribution in [-0.2, 0) is 12.8 Å². The molecule has 1 aliphatic carbocycles. The van der Waals surface area contributed by atoms with Crippen LogP contribution in [0.15, 0.2) is 10.9 Å². The zero-order valence-electron chi connectivity index (χ0n) is 10.9. The first-order valence-corrected chi connectivity index (χ1v) is 7.17. The monoisotopic (exact) mass is 258 g/mol. The highest BCUT2D eigenvalue weighted by atomic mass is 16.1. The molecular weight excluding hydrogens is 240 g/mol. The van der Waals surface area contributed by atoms with Crippen LogP contribution in [0.25, 0.3) is 5.65 Å². The third-order valence-corrected chi connectivity index (χ3v) is 4.43. The Kier molecular flexibility index (Phi) is 2.48. The van der Waals surface area contributed by atoms with Crippen LogP contribution in [0.1, 0.15) is 42.1 Å². The first-order valence-electron chi connectivity index (χ1n) is 7.17. The molecule has 0 amide bonds. The van der Waals surface area contributed by atoms with Crippen LogP contribution < -0.4 is 10.9 Å². The predicted molar refractivity (Wildman–Crippen MR) is 72.7 cm³/mol. The minimum atomic E-state index is 0.00985. The van der Waals surface area contributed by atoms with Crippen molar-refractivity contribution >= 4 is 5.65 Å². The number of fused-ring (bicyclic) bond motifs is 3. The topological polar surface area (TPSA) is 62.2 Å². The fourth-order valence-electron chi connectivity index (χ4n) is 3.46. The van der Waals surface area contributed by atoms with E-state index in [4.69, 9.17) is 5.10 Å². The van der Waals surface area contributed by atoms with Gasteiger partial charge in [0.15, 0.2) is 0 Å². The SMILES string of the molecule is O=c1cc(C2CCNCC2)n2nc3c(c2[nH]1)CCC3. The molecule has 2 aromatic rings. The summed E-state index contributed by atoms with van der Waals surface area (Å²) in [6.07, 6.45) is 5.43. The third-order valence-electron chi connectivity index (χ3n) is 4.43. The highest BCUT2D eigenvalue weighted by Crippen LogP contribution is 2.28. The van der Waals surface area contributed by atoms with Crippen molar-refractivity contribution in [2.45, 2.75) is 38.0 Å². The van der Waals surface area contributed by atoms with Crippen LogP contribution in [0, 0.1) is 0 Å². The number of nitrogens with zero attached hydrogens (tertiary/aromatic N) is 2. The molecule has 19 heavy (non-hydrogen) atoms. The van der Waals surface area contributed by atoms with Crippen molar-refractivity contribution in [3.8, 4) is 0 Å². The summed E-state index contributed by atoms with van der Waals surface area (Å²) in [6, 6.07) is 1.74. The average molecular weight is 258 g/mol. The highest BCUT2D eigenvalue weighted by Gasteiger charge is 2.24. The Labute approximate surface area is 111 Å². The van der Waals surface area contributed by atoms with Gasteiger partial charge in [-0.15, -0.1) is 0 Å². The van der Waals surface area contributed by atoms with Crippen molar-refractivity contribution in [1.29, 1.82) is 0 Å². The number of aromatic nitrogens is 3. The number of piperidine rings is 1. The van der Waals surface area contributed by atoms with Gasteiger partial charge in [-0.1, -0.05) is 0 Å². The Morgan fingerprint density at radius 3 is 2.95 bits per heavy atom. The molecule has 3 heterocycles. The van der Waals surface area contributed by atoms with E-state index in [0.717, 1.165) is 56.5 Å². The number of nitrogens with one attached hydrogen (secondary N) is 2. The van der Waals surface area contributed by atoms with E-state index in [1.54, 1.807) is 6.07 Å². The van der Waals surface area contributed by atoms with Gasteiger partial charge < -0.3 is 10.3 Å². The predicted octanol–water partition coefficient (Wildman–Crippen LogP) is 0.978. The summed E-state index contributed by atoms with van der Waals surface area (Å²) in [4.78, 5) is 14.9. The molecule has 5 nitrogen and oxygen atoms in total. The van der Waals surface area contributed by atoms with E-state index in [-0.39, 0.29) is 5.56 Å². The molecular formula is C14H18N4O. The van der Waals surface area contributed by atoms with Crippen LogP contribution in [0.4, 0.5) is 0 Å². The lowest BCUT2D eigenvalue weighted by Gasteiger charge is -2.23. The molecule has 0 radical (unpaired) electrons. The van der Waals surface area contributed by atoms with E-state index in [1.807, 2.05) is 4.52 Å². The van der Waals surface area contributed by atoms with Crippen molar-refractivity contribution in [2.75, 3.05) is 13.1 Å². The zero-order chi connectivity index (χ0) is 12.8. The van der Waals surface area contributed by atoms with Crippen LogP contribution in [0.2, 0.25) is 0 Å². The number of hydrogen-bond donors (Lipinski definition) is 2. The summed E-state index contributed by atoms with van der Waals surface area (Å²) < 4.78 is 2.00. The highest BCUT2D eigenvalue weighted by molar-refractivity contribution is 5.52. The molecule has 1 aliphatic heterocycles. The van der Waals surface area contributed by atoms with Gasteiger partial charge in [-0.3, -0.25) is 4.79 Å². The Balaban J connectivity index is 1.92. The number of rotatable bonds is 1. The maximum absolute atomic E-state index is 11.9. The van der Waals surface area contributed by atoms with E-state index in [0.29, 0.717) is 5.92 Å². The van der Waals surface area contributed by atoms with Crippen molar-refractivity contribution < 1.29 is 0 Å². The zero-order valence-corrected chi connectivity index (χ0v) is 10.9. The van der Waals surface area contributed by atoms with Crippen molar-refractivity contribution in [3.05, 3.63) is 33.4 Å². The van der Waals surface area contributed by atoms with Crippen LogP contribution in [0.5, 0.6) is 0 Å². The molecule has 1 fully saturated rings. The smallest absolute Gasteiger partial charge is 0.251 e. The molecule has 2 N–H and O–H groups in total. The number of H-pyrrole nitrogens is 1. The largest absolute Gasteiger partial charge is 0.317 e. The molecule has 0 spiro atoms. The minimum absolute atomic E-state index is 0.00985. The van der Waals surface area contributed by atoms with E-state index in [9.17, 15) is 4.79 Å². The number of aromatic amines is 1. The first kappa shape index (κ1) is 11.2. The molecule has 4 rings (SSSR count). The quantitative estimate of drug-likeness (QED) is 0.801. The minimum Gasteiger partial charge on any atom is -0.317 e. The van der Waals surface area contributed by atoms with Gasteiger partial charge >= 0.3 is 0 Å². The van der Waals surface area contributed by atoms with Crippen LogP contribution >= 0.6 is 0 Å². The van der Waals surface area contributed by atoms with Gasteiger partial charge in [0.05, 0.1) is 11.4 Å². The fraction of sp³-hybridized carbons (Fsp3) is 0.571. The molecule has 0 bridgehead atoms. The molecule has 0 aromatic carbocycles. The van der Waals surface area contributed by atoms with Gasteiger partial charge in [0.25, 0.3) is 5.56 Å². The standard InChI is InChI=1S/C14H18N4O/c19-13-8-12(9-4-6-15-7-5-9)18-14(16-13)10-2-1-3-11(10)17-18/h8-9,15H,1-7H2,(H,16,19). The second kappa shape index (κ2) is 4.20. The van der Waals surface area contributed by atoms with E-state index < -0.39 is 0 Å². The van der Waals surface area contributed by atoms with Gasteiger partial charge in [0.1, 0.15) is 5.65 Å². The summed E-state index contributed by atoms with van der Waals surface area (Å²) in [5.41, 5.74) is 4.48. The van der Waals surface area contributed by atoms with Crippen LogP contribution in [-0.4, -0.2) is 27.7 Å². The molecule has 100 valence electrons. The molecule has 0 unspecified atom stereocenters. The second-order valence-corrected chi connectivity index (χ2v) is 5.62. The Bertz CT molecular complexity index is 679. The summed E-state index contributed by atoms with van der Waals surface area (Å²) in [5, 5.41) is 8.11. The van der Waals surface area contributed by atoms with Gasteiger partial charge in [0, 0.05) is 17.5 Å². The average Bonchev–Trinajstić information content (AvgIpc) is 3.00.